The number of piperidine rings is 1. The number of rotatable bonds is 1. The first kappa shape index (κ1) is 10.7. The smallest absolute Gasteiger partial charge is 0.407 e. The summed E-state index contributed by atoms with van der Waals surface area (Å²) >= 11 is 0. The van der Waals surface area contributed by atoms with Crippen LogP contribution >= 0.6 is 0 Å². The van der Waals surface area contributed by atoms with Crippen LogP contribution in [-0.2, 0) is 4.74 Å². The number of fused-ring (bicyclic) bond motifs is 2. The van der Waals surface area contributed by atoms with Crippen LogP contribution < -0.4 is 10.6 Å². The highest BCUT2D eigenvalue weighted by Crippen LogP contribution is 2.31. The third-order valence-electron chi connectivity index (χ3n) is 3.07. The molecule has 0 aromatic rings. The Morgan fingerprint density at radius 3 is 2.60 bits per heavy atom. The summed E-state index contributed by atoms with van der Waals surface area (Å²) in [5, 5.41) is 6.38. The number of amides is 1. The average molecular weight is 212 g/mol. The minimum Gasteiger partial charge on any atom is -0.444 e. The molecular weight excluding hydrogens is 192 g/mol. The van der Waals surface area contributed by atoms with Gasteiger partial charge in [0.25, 0.3) is 0 Å². The van der Waals surface area contributed by atoms with E-state index in [1.807, 2.05) is 20.8 Å². The van der Waals surface area contributed by atoms with E-state index in [9.17, 15) is 4.79 Å². The van der Waals surface area contributed by atoms with Gasteiger partial charge in [0.05, 0.1) is 0 Å². The summed E-state index contributed by atoms with van der Waals surface area (Å²) in [6.07, 6.45) is 1.96. The Labute approximate surface area is 90.8 Å². The Kier molecular flexibility index (Phi) is 2.63. The standard InChI is InChI=1S/C11H20N2O2/c1-11(2,3)15-10(14)13-9-5-8-4-7(9)6-12-8/h7-9,12H,4-6H2,1-3H3,(H,13,14)/t7-,8?,9-/m1/s1. The molecule has 0 aromatic heterocycles. The van der Waals surface area contributed by atoms with Gasteiger partial charge >= 0.3 is 6.09 Å². The normalized spacial score (nSPS) is 34.2. The van der Waals surface area contributed by atoms with E-state index in [1.165, 1.54) is 6.42 Å². The molecule has 0 radical (unpaired) electrons. The summed E-state index contributed by atoms with van der Waals surface area (Å²) in [6.45, 7) is 6.68. The minimum absolute atomic E-state index is 0.278. The lowest BCUT2D eigenvalue weighted by Crippen LogP contribution is -2.45. The Morgan fingerprint density at radius 1 is 1.40 bits per heavy atom. The Hall–Kier alpha value is -0.770. The van der Waals surface area contributed by atoms with Crippen molar-refractivity contribution < 1.29 is 9.53 Å². The fourth-order valence-corrected chi connectivity index (χ4v) is 2.47. The number of hydrogen-bond donors (Lipinski definition) is 2. The quantitative estimate of drug-likeness (QED) is 0.688. The second kappa shape index (κ2) is 3.67. The molecule has 15 heavy (non-hydrogen) atoms. The molecule has 1 aliphatic carbocycles. The zero-order chi connectivity index (χ0) is 11.1. The monoisotopic (exact) mass is 212 g/mol. The molecule has 1 amide bonds. The molecule has 2 N–H and O–H groups in total. The highest BCUT2D eigenvalue weighted by molar-refractivity contribution is 5.68. The molecule has 1 unspecified atom stereocenters. The summed E-state index contributed by atoms with van der Waals surface area (Å²) in [5.41, 5.74) is -0.403. The van der Waals surface area contributed by atoms with Gasteiger partial charge in [-0.2, -0.15) is 0 Å². The van der Waals surface area contributed by atoms with Crippen molar-refractivity contribution >= 4 is 6.09 Å². The van der Waals surface area contributed by atoms with Gasteiger partial charge in [0.2, 0.25) is 0 Å². The van der Waals surface area contributed by atoms with Gasteiger partial charge in [-0.25, -0.2) is 4.79 Å². The van der Waals surface area contributed by atoms with E-state index in [-0.39, 0.29) is 6.09 Å². The number of ether oxygens (including phenoxy) is 1. The van der Waals surface area contributed by atoms with E-state index in [0.717, 1.165) is 13.0 Å². The molecule has 2 bridgehead atoms. The van der Waals surface area contributed by atoms with E-state index in [0.29, 0.717) is 18.0 Å². The Bertz CT molecular complexity index is 260. The lowest BCUT2D eigenvalue weighted by atomic mass is 10.0. The SMILES string of the molecule is CC(C)(C)OC(=O)N[C@@H]1CC2C[C@@H]1CN2. The van der Waals surface area contributed by atoms with E-state index in [1.54, 1.807) is 0 Å². The molecule has 1 saturated carbocycles. The van der Waals surface area contributed by atoms with Crippen LogP contribution in [0, 0.1) is 5.92 Å². The third-order valence-corrected chi connectivity index (χ3v) is 3.07. The van der Waals surface area contributed by atoms with Crippen molar-refractivity contribution in [3.05, 3.63) is 0 Å². The molecule has 1 saturated heterocycles. The number of hydrogen-bond acceptors (Lipinski definition) is 3. The predicted octanol–water partition coefficient (Wildman–Crippen LogP) is 1.26. The summed E-state index contributed by atoms with van der Waals surface area (Å²) in [6, 6.07) is 0.918. The van der Waals surface area contributed by atoms with Crippen molar-refractivity contribution in [2.24, 2.45) is 5.92 Å². The molecule has 86 valence electrons. The highest BCUT2D eigenvalue weighted by atomic mass is 16.6. The Morgan fingerprint density at radius 2 is 2.13 bits per heavy atom. The first-order valence-electron chi connectivity index (χ1n) is 5.67. The average Bonchev–Trinajstić information content (AvgIpc) is 2.60. The maximum absolute atomic E-state index is 11.5. The lowest BCUT2D eigenvalue weighted by Gasteiger charge is -2.26. The highest BCUT2D eigenvalue weighted by Gasteiger charge is 2.40. The van der Waals surface area contributed by atoms with Gasteiger partial charge in [-0.05, 0) is 39.5 Å². The van der Waals surface area contributed by atoms with Crippen LogP contribution in [-0.4, -0.2) is 30.3 Å². The zero-order valence-corrected chi connectivity index (χ0v) is 9.67. The summed E-state index contributed by atoms with van der Waals surface area (Å²) in [5.74, 6) is 0.600. The fraction of sp³-hybridized carbons (Fsp3) is 0.909. The first-order valence-corrected chi connectivity index (χ1v) is 5.67. The van der Waals surface area contributed by atoms with Crippen molar-refractivity contribution in [1.29, 1.82) is 0 Å². The zero-order valence-electron chi connectivity index (χ0n) is 9.67. The molecule has 4 nitrogen and oxygen atoms in total. The Balaban J connectivity index is 1.80. The summed E-state index contributed by atoms with van der Waals surface area (Å²) in [7, 11) is 0. The van der Waals surface area contributed by atoms with Gasteiger partial charge in [0.1, 0.15) is 5.60 Å². The van der Waals surface area contributed by atoms with E-state index in [2.05, 4.69) is 10.6 Å². The molecule has 1 heterocycles. The van der Waals surface area contributed by atoms with Crippen LogP contribution in [0.4, 0.5) is 4.79 Å². The van der Waals surface area contributed by atoms with Gasteiger partial charge in [0, 0.05) is 18.6 Å². The fourth-order valence-electron chi connectivity index (χ4n) is 2.47. The second-order valence-corrected chi connectivity index (χ2v) is 5.59. The maximum Gasteiger partial charge on any atom is 0.407 e. The van der Waals surface area contributed by atoms with Gasteiger partial charge in [0.15, 0.2) is 0 Å². The van der Waals surface area contributed by atoms with Crippen LogP contribution in [0.1, 0.15) is 33.6 Å². The van der Waals surface area contributed by atoms with Gasteiger partial charge in [-0.3, -0.25) is 0 Å². The molecule has 1 aliphatic heterocycles. The lowest BCUT2D eigenvalue weighted by molar-refractivity contribution is 0.0490. The van der Waals surface area contributed by atoms with Crippen molar-refractivity contribution in [3.63, 3.8) is 0 Å². The van der Waals surface area contributed by atoms with Crippen LogP contribution in [0.3, 0.4) is 0 Å². The topological polar surface area (TPSA) is 50.4 Å². The van der Waals surface area contributed by atoms with E-state index in [4.69, 9.17) is 4.74 Å². The molecule has 2 fully saturated rings. The predicted molar refractivity (Wildman–Crippen MR) is 57.7 cm³/mol. The molecule has 2 aliphatic rings. The first-order chi connectivity index (χ1) is 6.94. The van der Waals surface area contributed by atoms with Gasteiger partial charge < -0.3 is 15.4 Å². The molecule has 2 rings (SSSR count). The van der Waals surface area contributed by atoms with Crippen LogP contribution in [0.5, 0.6) is 0 Å². The van der Waals surface area contributed by atoms with Crippen LogP contribution in [0.25, 0.3) is 0 Å². The van der Waals surface area contributed by atoms with E-state index < -0.39 is 5.60 Å². The number of alkyl carbamates (subject to hydrolysis) is 1. The van der Waals surface area contributed by atoms with Crippen molar-refractivity contribution in [1.82, 2.24) is 10.6 Å². The molecule has 0 spiro atoms. The van der Waals surface area contributed by atoms with Crippen LogP contribution in [0.15, 0.2) is 0 Å². The third kappa shape index (κ3) is 2.62. The largest absolute Gasteiger partial charge is 0.444 e. The van der Waals surface area contributed by atoms with Crippen molar-refractivity contribution in [2.45, 2.75) is 51.3 Å². The summed E-state index contributed by atoms with van der Waals surface area (Å²) < 4.78 is 5.24. The number of carbonyl (C=O) groups is 1. The number of nitrogens with one attached hydrogen (secondary N) is 2. The van der Waals surface area contributed by atoms with Gasteiger partial charge in [-0.1, -0.05) is 0 Å². The van der Waals surface area contributed by atoms with Crippen LogP contribution in [0.2, 0.25) is 0 Å². The van der Waals surface area contributed by atoms with E-state index >= 15 is 0 Å². The molecule has 4 heteroatoms. The molecule has 3 atom stereocenters. The van der Waals surface area contributed by atoms with Crippen molar-refractivity contribution in [3.8, 4) is 0 Å². The molecular formula is C11H20N2O2. The summed E-state index contributed by atoms with van der Waals surface area (Å²) in [4.78, 5) is 11.5. The van der Waals surface area contributed by atoms with Gasteiger partial charge in [-0.15, -0.1) is 0 Å². The molecule has 0 aromatic carbocycles. The van der Waals surface area contributed by atoms with Crippen molar-refractivity contribution in [2.75, 3.05) is 6.54 Å². The second-order valence-electron chi connectivity index (χ2n) is 5.59. The number of carbonyl (C=O) groups excluding carboxylic acids is 1. The minimum atomic E-state index is -0.403. The maximum atomic E-state index is 11.5.